The number of aromatic amines is 1. The van der Waals surface area contributed by atoms with E-state index >= 15 is 0 Å². The topological polar surface area (TPSA) is 105 Å². The number of benzene rings is 1. The molecule has 0 spiro atoms. The lowest BCUT2D eigenvalue weighted by Crippen LogP contribution is -2.44. The highest BCUT2D eigenvalue weighted by Gasteiger charge is 2.19. The van der Waals surface area contributed by atoms with Crippen molar-refractivity contribution < 1.29 is 13.9 Å². The van der Waals surface area contributed by atoms with Crippen molar-refractivity contribution >= 4 is 16.9 Å². The third-order valence-electron chi connectivity index (χ3n) is 5.76. The average molecular weight is 426 g/mol. The molecule has 31 heavy (non-hydrogen) atoms. The van der Waals surface area contributed by atoms with Crippen LogP contribution >= 0.6 is 0 Å². The zero-order valence-electron chi connectivity index (χ0n) is 17.6. The van der Waals surface area contributed by atoms with E-state index in [-0.39, 0.29) is 18.1 Å². The molecule has 0 aliphatic carbocycles. The Labute approximate surface area is 180 Å². The van der Waals surface area contributed by atoms with E-state index in [1.165, 1.54) is 6.07 Å². The molecule has 1 amide bonds. The van der Waals surface area contributed by atoms with Crippen LogP contribution in [-0.4, -0.2) is 41.6 Å². The number of aryl methyl sites for hydroxylation is 1. The highest BCUT2D eigenvalue weighted by atomic mass is 19.1. The van der Waals surface area contributed by atoms with Crippen LogP contribution < -0.4 is 21.1 Å². The van der Waals surface area contributed by atoms with Crippen LogP contribution in [0.4, 0.5) is 4.39 Å². The minimum Gasteiger partial charge on any atom is -0.453 e. The smallest absolute Gasteiger partial charge is 0.237 e. The van der Waals surface area contributed by atoms with Gasteiger partial charge in [0.25, 0.3) is 0 Å². The summed E-state index contributed by atoms with van der Waals surface area (Å²) in [5.74, 6) is 0.416. The molecule has 2 aromatic heterocycles. The predicted octanol–water partition coefficient (Wildman–Crippen LogP) is 2.79. The van der Waals surface area contributed by atoms with Crippen molar-refractivity contribution in [3.63, 3.8) is 0 Å². The van der Waals surface area contributed by atoms with Gasteiger partial charge in [0, 0.05) is 18.9 Å². The third kappa shape index (κ3) is 5.03. The first-order valence-corrected chi connectivity index (χ1v) is 10.6. The van der Waals surface area contributed by atoms with Gasteiger partial charge < -0.3 is 26.1 Å². The van der Waals surface area contributed by atoms with E-state index in [9.17, 15) is 9.18 Å². The molecule has 1 saturated heterocycles. The summed E-state index contributed by atoms with van der Waals surface area (Å²) in [6.45, 7) is 4.53. The molecule has 0 radical (unpaired) electrons. The minimum atomic E-state index is -0.727. The summed E-state index contributed by atoms with van der Waals surface area (Å²) >= 11 is 0. The molecule has 0 bridgehead atoms. The van der Waals surface area contributed by atoms with Crippen LogP contribution in [0.25, 0.3) is 11.0 Å². The van der Waals surface area contributed by atoms with Crippen molar-refractivity contribution in [1.82, 2.24) is 20.6 Å². The van der Waals surface area contributed by atoms with Crippen LogP contribution in [0.1, 0.15) is 24.0 Å². The molecule has 8 heteroatoms. The van der Waals surface area contributed by atoms with Gasteiger partial charge in [-0.1, -0.05) is 6.07 Å². The second-order valence-corrected chi connectivity index (χ2v) is 8.12. The number of ether oxygens (including phenoxy) is 1. The van der Waals surface area contributed by atoms with Gasteiger partial charge >= 0.3 is 0 Å². The fourth-order valence-corrected chi connectivity index (χ4v) is 3.95. The van der Waals surface area contributed by atoms with Gasteiger partial charge in [0.05, 0.1) is 11.4 Å². The fourth-order valence-electron chi connectivity index (χ4n) is 3.95. The van der Waals surface area contributed by atoms with Gasteiger partial charge in [-0.15, -0.1) is 0 Å². The van der Waals surface area contributed by atoms with Crippen LogP contribution in [0, 0.1) is 18.7 Å². The zero-order valence-corrected chi connectivity index (χ0v) is 17.6. The van der Waals surface area contributed by atoms with Gasteiger partial charge in [-0.3, -0.25) is 4.79 Å². The Balaban J connectivity index is 1.37. The van der Waals surface area contributed by atoms with Crippen molar-refractivity contribution in [2.24, 2.45) is 11.7 Å². The Morgan fingerprint density at radius 3 is 2.90 bits per heavy atom. The fraction of sp³-hybridized carbons (Fsp3) is 0.391. The zero-order chi connectivity index (χ0) is 21.8. The first kappa shape index (κ1) is 21.3. The molecule has 1 aromatic carbocycles. The predicted molar refractivity (Wildman–Crippen MR) is 118 cm³/mol. The number of nitrogens with one attached hydrogen (secondary N) is 3. The molecule has 3 heterocycles. The number of carbonyl (C=O) groups excluding carboxylic acids is 1. The number of nitrogens with two attached hydrogens (primary N) is 1. The SMILES string of the molecule is Cc1c[nH]c2nccc(Oc3ccc(C[C@H](N)C(=O)NCC4CCNCC4)cc3F)c12. The van der Waals surface area contributed by atoms with Crippen LogP contribution in [0.5, 0.6) is 11.5 Å². The van der Waals surface area contributed by atoms with Gasteiger partial charge in [-0.05, 0) is 74.5 Å². The number of rotatable bonds is 7. The first-order chi connectivity index (χ1) is 15.0. The molecule has 0 unspecified atom stereocenters. The average Bonchev–Trinajstić information content (AvgIpc) is 3.16. The lowest BCUT2D eigenvalue weighted by atomic mass is 9.98. The number of nitrogens with zero attached hydrogens (tertiary/aromatic N) is 1. The molecule has 0 saturated carbocycles. The molecule has 4 rings (SSSR count). The van der Waals surface area contributed by atoms with Crippen molar-refractivity contribution in [1.29, 1.82) is 0 Å². The van der Waals surface area contributed by atoms with Gasteiger partial charge in [-0.2, -0.15) is 0 Å². The molecule has 164 valence electrons. The molecule has 1 fully saturated rings. The molecular formula is C23H28FN5O2. The Morgan fingerprint density at radius 2 is 2.13 bits per heavy atom. The van der Waals surface area contributed by atoms with E-state index < -0.39 is 11.9 Å². The summed E-state index contributed by atoms with van der Waals surface area (Å²) in [6, 6.07) is 5.66. The molecule has 5 N–H and O–H groups in total. The second kappa shape index (κ2) is 9.45. The summed E-state index contributed by atoms with van der Waals surface area (Å²) in [6.07, 6.45) is 5.80. The number of aromatic nitrogens is 2. The summed E-state index contributed by atoms with van der Waals surface area (Å²) in [5, 5.41) is 7.05. The Bertz CT molecular complexity index is 1060. The standard InChI is InChI=1S/C23H28FN5O2/c1-14-12-28-22-21(14)20(6-9-27-22)31-19-3-2-16(10-17(19)24)11-18(25)23(30)29-13-15-4-7-26-8-5-15/h2-3,6,9-10,12,15,18,26H,4-5,7-8,11,13,25H2,1H3,(H,27,28)(H,29,30)/t18-/m0/s1. The van der Waals surface area contributed by atoms with E-state index in [2.05, 4.69) is 20.6 Å². The van der Waals surface area contributed by atoms with Gasteiger partial charge in [0.2, 0.25) is 5.91 Å². The monoisotopic (exact) mass is 425 g/mol. The number of halogens is 1. The number of pyridine rings is 1. The van der Waals surface area contributed by atoms with E-state index in [0.29, 0.717) is 29.4 Å². The van der Waals surface area contributed by atoms with Gasteiger partial charge in [0.1, 0.15) is 11.4 Å². The number of carbonyl (C=O) groups is 1. The van der Waals surface area contributed by atoms with Crippen LogP contribution in [0.15, 0.2) is 36.7 Å². The van der Waals surface area contributed by atoms with E-state index in [4.69, 9.17) is 10.5 Å². The molecule has 3 aromatic rings. The summed E-state index contributed by atoms with van der Waals surface area (Å²) in [5.41, 5.74) is 8.36. The van der Waals surface area contributed by atoms with Crippen LogP contribution in [0.2, 0.25) is 0 Å². The van der Waals surface area contributed by atoms with Crippen LogP contribution in [0.3, 0.4) is 0 Å². The molecule has 7 nitrogen and oxygen atoms in total. The number of H-pyrrole nitrogens is 1. The van der Waals surface area contributed by atoms with E-state index in [1.807, 2.05) is 13.1 Å². The summed E-state index contributed by atoms with van der Waals surface area (Å²) < 4.78 is 20.5. The number of hydrogen-bond donors (Lipinski definition) is 4. The van der Waals surface area contributed by atoms with Crippen molar-refractivity contribution in [2.45, 2.75) is 32.2 Å². The van der Waals surface area contributed by atoms with E-state index in [1.54, 1.807) is 24.4 Å². The Morgan fingerprint density at radius 1 is 1.32 bits per heavy atom. The lowest BCUT2D eigenvalue weighted by molar-refractivity contribution is -0.122. The van der Waals surface area contributed by atoms with Crippen molar-refractivity contribution in [3.8, 4) is 11.5 Å². The minimum absolute atomic E-state index is 0.112. The highest BCUT2D eigenvalue weighted by molar-refractivity contribution is 5.86. The van der Waals surface area contributed by atoms with Gasteiger partial charge in [-0.25, -0.2) is 9.37 Å². The van der Waals surface area contributed by atoms with E-state index in [0.717, 1.165) is 36.9 Å². The Kier molecular flexibility index (Phi) is 6.48. The maximum absolute atomic E-state index is 14.7. The number of amides is 1. The molecule has 1 aliphatic heterocycles. The normalized spacial score (nSPS) is 15.7. The third-order valence-corrected chi connectivity index (χ3v) is 5.76. The maximum atomic E-state index is 14.7. The summed E-state index contributed by atoms with van der Waals surface area (Å²) in [4.78, 5) is 19.6. The van der Waals surface area contributed by atoms with Crippen molar-refractivity contribution in [2.75, 3.05) is 19.6 Å². The highest BCUT2D eigenvalue weighted by Crippen LogP contribution is 2.32. The molecular weight excluding hydrogens is 397 g/mol. The quantitative estimate of drug-likeness (QED) is 0.466. The molecule has 1 aliphatic rings. The largest absolute Gasteiger partial charge is 0.453 e. The molecule has 1 atom stereocenters. The lowest BCUT2D eigenvalue weighted by Gasteiger charge is -2.23. The second-order valence-electron chi connectivity index (χ2n) is 8.12. The van der Waals surface area contributed by atoms with Crippen molar-refractivity contribution in [3.05, 3.63) is 53.6 Å². The number of piperidine rings is 1. The Hall–Kier alpha value is -2.97. The van der Waals surface area contributed by atoms with Crippen LogP contribution in [-0.2, 0) is 11.2 Å². The maximum Gasteiger partial charge on any atom is 0.237 e. The first-order valence-electron chi connectivity index (χ1n) is 10.6. The summed E-state index contributed by atoms with van der Waals surface area (Å²) in [7, 11) is 0. The number of hydrogen-bond acceptors (Lipinski definition) is 5. The number of fused-ring (bicyclic) bond motifs is 1. The van der Waals surface area contributed by atoms with Gasteiger partial charge in [0.15, 0.2) is 11.6 Å².